The van der Waals surface area contributed by atoms with Crippen molar-refractivity contribution in [2.45, 2.75) is 12.5 Å². The molecule has 0 amide bonds. The van der Waals surface area contributed by atoms with Crippen LogP contribution in [-0.2, 0) is 9.53 Å². The molecule has 0 aromatic heterocycles. The Kier molecular flexibility index (Phi) is 4.56. The first-order chi connectivity index (χ1) is 11.6. The minimum atomic E-state index is -0.917. The SMILES string of the molecule is O=C1OC(CCOc2ccc(Oc3ccccc3)cc2)C(O)=C1O. The summed E-state index contributed by atoms with van der Waals surface area (Å²) in [4.78, 5) is 11.1. The van der Waals surface area contributed by atoms with Crippen LogP contribution in [0.1, 0.15) is 6.42 Å². The molecule has 2 aromatic rings. The Hall–Kier alpha value is -3.15. The van der Waals surface area contributed by atoms with E-state index < -0.39 is 23.6 Å². The summed E-state index contributed by atoms with van der Waals surface area (Å²) in [6.45, 7) is 0.216. The number of hydrogen-bond donors (Lipinski definition) is 2. The van der Waals surface area contributed by atoms with Crippen molar-refractivity contribution in [3.05, 3.63) is 66.1 Å². The summed E-state index contributed by atoms with van der Waals surface area (Å²) in [5.74, 6) is -0.0509. The van der Waals surface area contributed by atoms with Crippen molar-refractivity contribution in [3.8, 4) is 17.2 Å². The van der Waals surface area contributed by atoms with Gasteiger partial charge in [0.05, 0.1) is 6.61 Å². The molecule has 0 saturated heterocycles. The third kappa shape index (κ3) is 3.60. The zero-order chi connectivity index (χ0) is 16.9. The number of esters is 1. The molecular formula is C18H16O6. The summed E-state index contributed by atoms with van der Waals surface area (Å²) in [5, 5.41) is 18.7. The van der Waals surface area contributed by atoms with Crippen LogP contribution in [0.5, 0.6) is 17.2 Å². The van der Waals surface area contributed by atoms with Crippen molar-refractivity contribution in [3.63, 3.8) is 0 Å². The zero-order valence-corrected chi connectivity index (χ0v) is 12.7. The monoisotopic (exact) mass is 328 g/mol. The highest BCUT2D eigenvalue weighted by molar-refractivity contribution is 5.88. The van der Waals surface area contributed by atoms with E-state index in [2.05, 4.69) is 0 Å². The highest BCUT2D eigenvalue weighted by atomic mass is 16.6. The van der Waals surface area contributed by atoms with Gasteiger partial charge in [-0.2, -0.15) is 0 Å². The highest BCUT2D eigenvalue weighted by Crippen LogP contribution is 2.24. The fraction of sp³-hybridized carbons (Fsp3) is 0.167. The van der Waals surface area contributed by atoms with Crippen LogP contribution in [-0.4, -0.2) is 28.9 Å². The van der Waals surface area contributed by atoms with E-state index in [1.807, 2.05) is 30.3 Å². The topological polar surface area (TPSA) is 85.2 Å². The summed E-state index contributed by atoms with van der Waals surface area (Å²) in [7, 11) is 0. The second-order valence-electron chi connectivity index (χ2n) is 5.15. The number of benzene rings is 2. The van der Waals surface area contributed by atoms with Gasteiger partial charge in [0.25, 0.3) is 0 Å². The number of carbonyl (C=O) groups is 1. The van der Waals surface area contributed by atoms with Gasteiger partial charge in [0.15, 0.2) is 11.9 Å². The Bertz CT molecular complexity index is 736. The van der Waals surface area contributed by atoms with Crippen LogP contribution >= 0.6 is 0 Å². The smallest absolute Gasteiger partial charge is 0.377 e. The summed E-state index contributed by atoms with van der Waals surface area (Å²) < 4.78 is 16.0. The number of aliphatic hydroxyl groups is 2. The maximum absolute atomic E-state index is 11.1. The lowest BCUT2D eigenvalue weighted by Gasteiger charge is -2.11. The number of hydrogen-bond acceptors (Lipinski definition) is 6. The molecule has 124 valence electrons. The van der Waals surface area contributed by atoms with E-state index in [4.69, 9.17) is 14.2 Å². The molecule has 24 heavy (non-hydrogen) atoms. The van der Waals surface area contributed by atoms with Crippen LogP contribution in [0.2, 0.25) is 0 Å². The lowest BCUT2D eigenvalue weighted by Crippen LogP contribution is -2.15. The Morgan fingerprint density at radius 2 is 1.54 bits per heavy atom. The molecule has 6 nitrogen and oxygen atoms in total. The van der Waals surface area contributed by atoms with Crippen LogP contribution in [0.15, 0.2) is 66.1 Å². The molecular weight excluding hydrogens is 312 g/mol. The summed E-state index contributed by atoms with van der Waals surface area (Å²) in [6.07, 6.45) is -0.623. The van der Waals surface area contributed by atoms with Gasteiger partial charge in [-0.15, -0.1) is 0 Å². The van der Waals surface area contributed by atoms with E-state index in [1.54, 1.807) is 24.3 Å². The third-order valence-electron chi connectivity index (χ3n) is 3.44. The normalized spacial score (nSPS) is 16.8. The Balaban J connectivity index is 1.49. The largest absolute Gasteiger partial charge is 0.505 e. The van der Waals surface area contributed by atoms with Crippen LogP contribution in [0.4, 0.5) is 0 Å². The standard InChI is InChI=1S/C18H16O6/c19-16-15(24-18(21)17(16)20)10-11-22-12-6-8-14(9-7-12)23-13-4-2-1-3-5-13/h1-9,15,19-20H,10-11H2. The third-order valence-corrected chi connectivity index (χ3v) is 3.44. The lowest BCUT2D eigenvalue weighted by molar-refractivity contribution is -0.142. The number of para-hydroxylation sites is 1. The molecule has 0 bridgehead atoms. The summed E-state index contributed by atoms with van der Waals surface area (Å²) in [6, 6.07) is 16.5. The van der Waals surface area contributed by atoms with E-state index in [1.165, 1.54) is 0 Å². The van der Waals surface area contributed by atoms with Crippen molar-refractivity contribution in [1.82, 2.24) is 0 Å². The van der Waals surface area contributed by atoms with Crippen LogP contribution < -0.4 is 9.47 Å². The van der Waals surface area contributed by atoms with Crippen LogP contribution in [0, 0.1) is 0 Å². The number of carbonyl (C=O) groups excluding carboxylic acids is 1. The molecule has 2 aromatic carbocycles. The van der Waals surface area contributed by atoms with Crippen molar-refractivity contribution < 1.29 is 29.2 Å². The average molecular weight is 328 g/mol. The molecule has 1 atom stereocenters. The minimum Gasteiger partial charge on any atom is -0.505 e. The predicted octanol–water partition coefficient (Wildman–Crippen LogP) is 3.50. The van der Waals surface area contributed by atoms with Gasteiger partial charge in [-0.25, -0.2) is 4.79 Å². The zero-order valence-electron chi connectivity index (χ0n) is 12.7. The Labute approximate surface area is 138 Å². The van der Waals surface area contributed by atoms with E-state index in [-0.39, 0.29) is 13.0 Å². The van der Waals surface area contributed by atoms with E-state index in [0.717, 1.165) is 5.75 Å². The fourth-order valence-corrected chi connectivity index (χ4v) is 2.21. The van der Waals surface area contributed by atoms with E-state index in [0.29, 0.717) is 11.5 Å². The average Bonchev–Trinajstić information content (AvgIpc) is 2.84. The van der Waals surface area contributed by atoms with Crippen molar-refractivity contribution >= 4 is 5.97 Å². The lowest BCUT2D eigenvalue weighted by atomic mass is 10.2. The first-order valence-electron chi connectivity index (χ1n) is 7.42. The van der Waals surface area contributed by atoms with Gasteiger partial charge in [-0.3, -0.25) is 0 Å². The quantitative estimate of drug-likeness (QED) is 0.790. The molecule has 2 N–H and O–H groups in total. The molecule has 6 heteroatoms. The van der Waals surface area contributed by atoms with Gasteiger partial charge < -0.3 is 24.4 Å². The maximum Gasteiger partial charge on any atom is 0.377 e. The molecule has 0 aliphatic carbocycles. The van der Waals surface area contributed by atoms with Gasteiger partial charge in [-0.05, 0) is 36.4 Å². The predicted molar refractivity (Wildman–Crippen MR) is 85.2 cm³/mol. The van der Waals surface area contributed by atoms with Crippen LogP contribution in [0.25, 0.3) is 0 Å². The molecule has 1 aliphatic heterocycles. The van der Waals surface area contributed by atoms with Gasteiger partial charge in [0, 0.05) is 6.42 Å². The highest BCUT2D eigenvalue weighted by Gasteiger charge is 2.34. The number of rotatable bonds is 6. The molecule has 1 aliphatic rings. The number of ether oxygens (including phenoxy) is 3. The van der Waals surface area contributed by atoms with Gasteiger partial charge in [-0.1, -0.05) is 18.2 Å². The second kappa shape index (κ2) is 6.95. The van der Waals surface area contributed by atoms with Crippen molar-refractivity contribution in [2.24, 2.45) is 0 Å². The molecule has 0 fully saturated rings. The fourth-order valence-electron chi connectivity index (χ4n) is 2.21. The van der Waals surface area contributed by atoms with E-state index >= 15 is 0 Å². The molecule has 0 radical (unpaired) electrons. The first-order valence-corrected chi connectivity index (χ1v) is 7.42. The Morgan fingerprint density at radius 1 is 0.917 bits per heavy atom. The minimum absolute atomic E-state index is 0.216. The molecule has 1 heterocycles. The number of aliphatic hydroxyl groups excluding tert-OH is 2. The second-order valence-corrected chi connectivity index (χ2v) is 5.15. The Morgan fingerprint density at radius 3 is 2.17 bits per heavy atom. The van der Waals surface area contributed by atoms with Gasteiger partial charge in [0.2, 0.25) is 5.76 Å². The molecule has 0 saturated carbocycles. The maximum atomic E-state index is 11.1. The molecule has 3 rings (SSSR count). The van der Waals surface area contributed by atoms with Gasteiger partial charge >= 0.3 is 5.97 Å². The van der Waals surface area contributed by atoms with Gasteiger partial charge in [0.1, 0.15) is 17.2 Å². The molecule has 1 unspecified atom stereocenters. The summed E-state index contributed by atoms with van der Waals surface area (Å²) >= 11 is 0. The molecule has 0 spiro atoms. The summed E-state index contributed by atoms with van der Waals surface area (Å²) in [5.41, 5.74) is 0. The van der Waals surface area contributed by atoms with E-state index in [9.17, 15) is 15.0 Å². The number of cyclic esters (lactones) is 1. The first kappa shape index (κ1) is 15.7. The van der Waals surface area contributed by atoms with Crippen molar-refractivity contribution in [2.75, 3.05) is 6.61 Å². The van der Waals surface area contributed by atoms with Crippen molar-refractivity contribution in [1.29, 1.82) is 0 Å². The van der Waals surface area contributed by atoms with Crippen LogP contribution in [0.3, 0.4) is 0 Å².